The molecule has 0 atom stereocenters. The fourth-order valence-corrected chi connectivity index (χ4v) is 1.76. The van der Waals surface area contributed by atoms with E-state index in [-0.39, 0.29) is 5.24 Å². The van der Waals surface area contributed by atoms with Gasteiger partial charge in [-0.1, -0.05) is 17.8 Å². The Kier molecular flexibility index (Phi) is 6.25. The molecule has 0 aliphatic heterocycles. The molecular weight excluding hydrogens is 272 g/mol. The van der Waals surface area contributed by atoms with Gasteiger partial charge < -0.3 is 4.74 Å². The van der Waals surface area contributed by atoms with Crippen LogP contribution < -0.4 is 4.74 Å². The number of terminal acetylenes is 3. The first-order valence-electron chi connectivity index (χ1n) is 6.01. The van der Waals surface area contributed by atoms with E-state index >= 15 is 0 Å². The molecule has 0 amide bonds. The molecule has 1 aromatic rings. The van der Waals surface area contributed by atoms with Crippen LogP contribution in [0.25, 0.3) is 0 Å². The van der Waals surface area contributed by atoms with Gasteiger partial charge in [-0.15, -0.1) is 19.3 Å². The van der Waals surface area contributed by atoms with Crippen LogP contribution in [0.5, 0.6) is 5.75 Å². The number of rotatable bonds is 6. The second kappa shape index (κ2) is 7.96. The summed E-state index contributed by atoms with van der Waals surface area (Å²) in [6.07, 6.45) is 17.9. The fraction of sp³-hybridized carbons (Fsp3) is 0.235. The monoisotopic (exact) mass is 284 g/mol. The number of unbranched alkanes of at least 4 members (excludes halogenated alkanes) is 1. The Hall–Kier alpha value is -2.34. The van der Waals surface area contributed by atoms with Gasteiger partial charge in [0.05, 0.1) is 17.7 Å². The standard InChI is InChI=1S/C17H13ClO2/c1-4-13-11-14(5-2)17(15(6-3)12-13)20-10-8-7-9-16(18)19/h1-3,11-12H,7-10H2. The lowest BCUT2D eigenvalue weighted by atomic mass is 10.0. The third-order valence-electron chi connectivity index (χ3n) is 2.58. The highest BCUT2D eigenvalue weighted by atomic mass is 35.5. The Morgan fingerprint density at radius 2 is 1.70 bits per heavy atom. The summed E-state index contributed by atoms with van der Waals surface area (Å²) in [5.41, 5.74) is 1.68. The van der Waals surface area contributed by atoms with Crippen molar-refractivity contribution in [3.63, 3.8) is 0 Å². The fourth-order valence-electron chi connectivity index (χ4n) is 1.62. The Morgan fingerprint density at radius 1 is 1.10 bits per heavy atom. The van der Waals surface area contributed by atoms with E-state index in [4.69, 9.17) is 35.6 Å². The van der Waals surface area contributed by atoms with Gasteiger partial charge in [0.15, 0.2) is 5.75 Å². The van der Waals surface area contributed by atoms with Crippen molar-refractivity contribution in [3.05, 3.63) is 28.8 Å². The summed E-state index contributed by atoms with van der Waals surface area (Å²) >= 11 is 5.25. The van der Waals surface area contributed by atoms with Gasteiger partial charge in [0, 0.05) is 12.0 Å². The number of halogens is 1. The van der Waals surface area contributed by atoms with Crippen LogP contribution in [0.15, 0.2) is 12.1 Å². The van der Waals surface area contributed by atoms with Crippen LogP contribution in [0.4, 0.5) is 0 Å². The second-order valence-electron chi connectivity index (χ2n) is 3.99. The van der Waals surface area contributed by atoms with E-state index in [2.05, 4.69) is 17.8 Å². The smallest absolute Gasteiger partial charge is 0.221 e. The van der Waals surface area contributed by atoms with Gasteiger partial charge in [-0.2, -0.15) is 0 Å². The highest BCUT2D eigenvalue weighted by Gasteiger charge is 2.09. The molecule has 0 aromatic heterocycles. The highest BCUT2D eigenvalue weighted by Crippen LogP contribution is 2.25. The zero-order valence-electron chi connectivity index (χ0n) is 10.9. The van der Waals surface area contributed by atoms with E-state index in [0.29, 0.717) is 48.3 Å². The van der Waals surface area contributed by atoms with Gasteiger partial charge in [-0.3, -0.25) is 4.79 Å². The first kappa shape index (κ1) is 15.7. The van der Waals surface area contributed by atoms with E-state index in [1.165, 1.54) is 0 Å². The van der Waals surface area contributed by atoms with Crippen molar-refractivity contribution in [1.82, 2.24) is 0 Å². The average molecular weight is 285 g/mol. The first-order valence-corrected chi connectivity index (χ1v) is 6.39. The van der Waals surface area contributed by atoms with Gasteiger partial charge in [-0.25, -0.2) is 0 Å². The summed E-state index contributed by atoms with van der Waals surface area (Å²) in [7, 11) is 0. The van der Waals surface area contributed by atoms with Crippen molar-refractivity contribution >= 4 is 16.8 Å². The van der Waals surface area contributed by atoms with E-state index in [1.54, 1.807) is 12.1 Å². The molecule has 0 radical (unpaired) electrons. The molecule has 0 aliphatic carbocycles. The summed E-state index contributed by atoms with van der Waals surface area (Å²) in [5, 5.41) is -0.350. The minimum Gasteiger partial charge on any atom is -0.491 e. The van der Waals surface area contributed by atoms with Crippen molar-refractivity contribution < 1.29 is 9.53 Å². The van der Waals surface area contributed by atoms with E-state index < -0.39 is 0 Å². The maximum atomic E-state index is 10.6. The summed E-state index contributed by atoms with van der Waals surface area (Å²) in [4.78, 5) is 10.6. The Morgan fingerprint density at radius 3 is 2.15 bits per heavy atom. The second-order valence-corrected chi connectivity index (χ2v) is 4.42. The molecule has 0 saturated carbocycles. The highest BCUT2D eigenvalue weighted by molar-refractivity contribution is 6.63. The summed E-state index contributed by atoms with van der Waals surface area (Å²) in [6.45, 7) is 0.406. The number of hydrogen-bond donors (Lipinski definition) is 0. The van der Waals surface area contributed by atoms with Crippen molar-refractivity contribution in [2.45, 2.75) is 19.3 Å². The lowest BCUT2D eigenvalue weighted by molar-refractivity contribution is -0.111. The number of ether oxygens (including phenoxy) is 1. The summed E-state index contributed by atoms with van der Waals surface area (Å²) in [5.74, 6) is 8.00. The number of carbonyl (C=O) groups excluding carboxylic acids is 1. The molecular formula is C17H13ClO2. The normalized spacial score (nSPS) is 9.10. The summed E-state index contributed by atoms with van der Waals surface area (Å²) < 4.78 is 5.62. The van der Waals surface area contributed by atoms with Crippen molar-refractivity contribution in [2.75, 3.05) is 6.61 Å². The maximum absolute atomic E-state index is 10.6. The van der Waals surface area contributed by atoms with Crippen LogP contribution in [-0.4, -0.2) is 11.8 Å². The lowest BCUT2D eigenvalue weighted by Gasteiger charge is -2.11. The number of benzene rings is 1. The number of hydrogen-bond acceptors (Lipinski definition) is 2. The molecule has 0 spiro atoms. The molecule has 1 aromatic carbocycles. The van der Waals surface area contributed by atoms with Crippen molar-refractivity contribution in [3.8, 4) is 42.8 Å². The third kappa shape index (κ3) is 4.40. The largest absolute Gasteiger partial charge is 0.491 e. The van der Waals surface area contributed by atoms with Crippen molar-refractivity contribution in [2.24, 2.45) is 0 Å². The zero-order chi connectivity index (χ0) is 15.0. The van der Waals surface area contributed by atoms with E-state index in [0.717, 1.165) is 0 Å². The minimum atomic E-state index is -0.350. The van der Waals surface area contributed by atoms with Crippen molar-refractivity contribution in [1.29, 1.82) is 0 Å². The molecule has 20 heavy (non-hydrogen) atoms. The van der Waals surface area contributed by atoms with Crippen LogP contribution >= 0.6 is 11.6 Å². The molecule has 3 heteroatoms. The minimum absolute atomic E-state index is 0.324. The molecule has 0 bridgehead atoms. The summed E-state index contributed by atoms with van der Waals surface area (Å²) in [6, 6.07) is 3.36. The van der Waals surface area contributed by atoms with Gasteiger partial charge in [0.25, 0.3) is 0 Å². The third-order valence-corrected chi connectivity index (χ3v) is 2.77. The Balaban J connectivity index is 2.80. The van der Waals surface area contributed by atoms with Crippen LogP contribution in [0.2, 0.25) is 0 Å². The molecule has 2 nitrogen and oxygen atoms in total. The lowest BCUT2D eigenvalue weighted by Crippen LogP contribution is -2.02. The molecule has 0 aliphatic rings. The molecule has 0 N–H and O–H groups in total. The molecule has 1 rings (SSSR count). The number of carbonyl (C=O) groups is 1. The van der Waals surface area contributed by atoms with Gasteiger partial charge in [0.1, 0.15) is 0 Å². The zero-order valence-corrected chi connectivity index (χ0v) is 11.7. The molecule has 0 saturated heterocycles. The molecule has 100 valence electrons. The Bertz CT molecular complexity index is 589. The predicted molar refractivity (Wildman–Crippen MR) is 80.5 cm³/mol. The van der Waals surface area contributed by atoms with Crippen LogP contribution in [0.3, 0.4) is 0 Å². The van der Waals surface area contributed by atoms with Crippen LogP contribution in [-0.2, 0) is 4.79 Å². The average Bonchev–Trinajstić information content (AvgIpc) is 2.46. The maximum Gasteiger partial charge on any atom is 0.221 e. The van der Waals surface area contributed by atoms with Gasteiger partial charge in [-0.05, 0) is 36.6 Å². The first-order chi connectivity index (χ1) is 9.62. The van der Waals surface area contributed by atoms with E-state index in [9.17, 15) is 4.79 Å². The molecule has 0 heterocycles. The topological polar surface area (TPSA) is 26.3 Å². The Labute approximate surface area is 124 Å². The van der Waals surface area contributed by atoms with E-state index in [1.807, 2.05) is 0 Å². The van der Waals surface area contributed by atoms with Gasteiger partial charge in [0.2, 0.25) is 5.24 Å². The SMILES string of the molecule is C#Cc1cc(C#C)c(OCCCCC(=O)Cl)c(C#C)c1. The van der Waals surface area contributed by atoms with Crippen LogP contribution in [0.1, 0.15) is 36.0 Å². The quantitative estimate of drug-likeness (QED) is 0.456. The molecule has 0 unspecified atom stereocenters. The predicted octanol–water partition coefficient (Wildman–Crippen LogP) is 2.95. The van der Waals surface area contributed by atoms with Gasteiger partial charge >= 0.3 is 0 Å². The molecule has 0 fully saturated rings. The van der Waals surface area contributed by atoms with Crippen LogP contribution in [0, 0.1) is 37.0 Å².